The molecule has 178 valence electrons. The number of ketones is 1. The Kier molecular flexibility index (Phi) is 6.47. The first-order chi connectivity index (χ1) is 17.1. The molecule has 1 aromatic carbocycles. The van der Waals surface area contributed by atoms with Crippen LogP contribution < -0.4 is 10.6 Å². The topological polar surface area (TPSA) is 142 Å². The van der Waals surface area contributed by atoms with E-state index >= 15 is 0 Å². The number of benzene rings is 1. The molecule has 4 N–H and O–H groups in total. The van der Waals surface area contributed by atoms with Gasteiger partial charge in [-0.3, -0.25) is 14.6 Å². The number of carbonyl (C=O) groups excluding carboxylic acids is 2. The summed E-state index contributed by atoms with van der Waals surface area (Å²) in [5, 5.41) is 16.0. The molecule has 1 fully saturated rings. The van der Waals surface area contributed by atoms with Gasteiger partial charge in [-0.25, -0.2) is 9.97 Å². The molecule has 1 amide bonds. The first-order valence-corrected chi connectivity index (χ1v) is 11.3. The lowest BCUT2D eigenvalue weighted by Crippen LogP contribution is -2.36. The van der Waals surface area contributed by atoms with Crippen LogP contribution in [-0.4, -0.2) is 62.1 Å². The summed E-state index contributed by atoms with van der Waals surface area (Å²) >= 11 is 0. The zero-order valence-corrected chi connectivity index (χ0v) is 18.8. The maximum atomic E-state index is 13.4. The van der Waals surface area contributed by atoms with Crippen molar-refractivity contribution in [3.63, 3.8) is 0 Å². The molecule has 0 unspecified atom stereocenters. The van der Waals surface area contributed by atoms with E-state index in [4.69, 9.17) is 4.74 Å². The van der Waals surface area contributed by atoms with Gasteiger partial charge in [0.2, 0.25) is 0 Å². The van der Waals surface area contributed by atoms with Crippen molar-refractivity contribution in [3.05, 3.63) is 78.0 Å². The molecule has 0 aliphatic carbocycles. The fourth-order valence-corrected chi connectivity index (χ4v) is 4.08. The lowest BCUT2D eigenvalue weighted by atomic mass is 10.0. The molecule has 1 aliphatic rings. The van der Waals surface area contributed by atoms with E-state index in [0.29, 0.717) is 45.8 Å². The highest BCUT2D eigenvalue weighted by Crippen LogP contribution is 2.27. The first-order valence-electron chi connectivity index (χ1n) is 11.3. The van der Waals surface area contributed by atoms with Gasteiger partial charge < -0.3 is 25.5 Å². The third-order valence-corrected chi connectivity index (χ3v) is 5.98. The minimum atomic E-state index is -0.277. The van der Waals surface area contributed by atoms with Gasteiger partial charge in [0.05, 0.1) is 36.3 Å². The molecular weight excluding hydrogens is 448 g/mol. The summed E-state index contributed by atoms with van der Waals surface area (Å²) in [6, 6.07) is 9.89. The van der Waals surface area contributed by atoms with E-state index in [1.165, 1.54) is 6.33 Å². The third kappa shape index (κ3) is 4.88. The number of nitrogens with zero attached hydrogens (tertiary/aromatic N) is 3. The van der Waals surface area contributed by atoms with Crippen LogP contribution in [0.4, 0.5) is 11.5 Å². The number of pyridine rings is 1. The number of aromatic nitrogens is 4. The molecule has 3 aromatic heterocycles. The molecule has 0 saturated carbocycles. The SMILES string of the molecule is O=C(Nc1ccncc1)c1ccc(C(=O)c2c[nH]c3ncnc(N[C@H]4CC[C@@H](CO)OC4)c23)cc1. The Hall–Kier alpha value is -4.15. The lowest BCUT2D eigenvalue weighted by molar-refractivity contribution is -0.0224. The number of aliphatic hydroxyl groups is 1. The highest BCUT2D eigenvalue weighted by molar-refractivity contribution is 6.18. The monoisotopic (exact) mass is 472 g/mol. The van der Waals surface area contributed by atoms with E-state index in [1.807, 2.05) is 0 Å². The first kappa shape index (κ1) is 22.6. The van der Waals surface area contributed by atoms with Gasteiger partial charge in [0.1, 0.15) is 17.8 Å². The fraction of sp³-hybridized carbons (Fsp3) is 0.240. The average Bonchev–Trinajstić information content (AvgIpc) is 3.35. The Morgan fingerprint density at radius 3 is 2.54 bits per heavy atom. The summed E-state index contributed by atoms with van der Waals surface area (Å²) < 4.78 is 5.65. The van der Waals surface area contributed by atoms with Gasteiger partial charge in [0, 0.05) is 35.4 Å². The zero-order chi connectivity index (χ0) is 24.2. The van der Waals surface area contributed by atoms with Crippen LogP contribution in [0.25, 0.3) is 11.0 Å². The predicted molar refractivity (Wildman–Crippen MR) is 129 cm³/mol. The summed E-state index contributed by atoms with van der Waals surface area (Å²) in [5.74, 6) is 0.0553. The number of carbonyl (C=O) groups is 2. The van der Waals surface area contributed by atoms with Crippen molar-refractivity contribution >= 4 is 34.2 Å². The van der Waals surface area contributed by atoms with Crippen molar-refractivity contribution < 1.29 is 19.4 Å². The van der Waals surface area contributed by atoms with Crippen molar-refractivity contribution in [2.75, 3.05) is 23.8 Å². The van der Waals surface area contributed by atoms with Gasteiger partial charge in [-0.15, -0.1) is 0 Å². The molecule has 2 atom stereocenters. The minimum Gasteiger partial charge on any atom is -0.394 e. The van der Waals surface area contributed by atoms with Crippen LogP contribution in [0.15, 0.2) is 61.3 Å². The molecule has 5 rings (SSSR count). The van der Waals surface area contributed by atoms with E-state index in [9.17, 15) is 14.7 Å². The second kappa shape index (κ2) is 10.00. The van der Waals surface area contributed by atoms with Gasteiger partial charge in [-0.05, 0) is 37.1 Å². The maximum Gasteiger partial charge on any atom is 0.255 e. The molecule has 10 nitrogen and oxygen atoms in total. The number of aromatic amines is 1. The number of anilines is 2. The van der Waals surface area contributed by atoms with E-state index in [0.717, 1.165) is 12.8 Å². The number of hydrogen-bond donors (Lipinski definition) is 4. The van der Waals surface area contributed by atoms with Crippen molar-refractivity contribution in [2.45, 2.75) is 25.0 Å². The van der Waals surface area contributed by atoms with Crippen LogP contribution >= 0.6 is 0 Å². The van der Waals surface area contributed by atoms with E-state index in [1.54, 1.807) is 55.0 Å². The van der Waals surface area contributed by atoms with E-state index < -0.39 is 0 Å². The van der Waals surface area contributed by atoms with Crippen molar-refractivity contribution in [1.29, 1.82) is 0 Å². The summed E-state index contributed by atoms with van der Waals surface area (Å²) in [6.07, 6.45) is 7.66. The van der Waals surface area contributed by atoms with Gasteiger partial charge in [0.15, 0.2) is 5.78 Å². The Morgan fingerprint density at radius 1 is 1.06 bits per heavy atom. The third-order valence-electron chi connectivity index (χ3n) is 5.98. The Balaban J connectivity index is 1.35. The number of aliphatic hydroxyl groups excluding tert-OH is 1. The Morgan fingerprint density at radius 2 is 1.83 bits per heavy atom. The van der Waals surface area contributed by atoms with Crippen LogP contribution in [0, 0.1) is 0 Å². The fourth-order valence-electron chi connectivity index (χ4n) is 4.08. The number of fused-ring (bicyclic) bond motifs is 1. The molecule has 35 heavy (non-hydrogen) atoms. The minimum absolute atomic E-state index is 0.00508. The standard InChI is InChI=1S/C25H24N6O4/c32-12-19-6-5-18(13-35-19)30-24-21-20(11-27-23(21)28-14-29-24)22(33)15-1-3-16(4-2-15)25(34)31-17-7-9-26-10-8-17/h1-4,7-11,14,18-19,32H,5-6,12-13H2,(H,26,31,34)(H2,27,28,29,30)/t18-,19-/m0/s1. The molecule has 0 spiro atoms. The number of rotatable bonds is 7. The van der Waals surface area contributed by atoms with Crippen molar-refractivity contribution in [2.24, 2.45) is 0 Å². The van der Waals surface area contributed by atoms with Gasteiger partial charge >= 0.3 is 0 Å². The summed E-state index contributed by atoms with van der Waals surface area (Å²) in [7, 11) is 0. The summed E-state index contributed by atoms with van der Waals surface area (Å²) in [6.45, 7) is 0.443. The lowest BCUT2D eigenvalue weighted by Gasteiger charge is -2.29. The van der Waals surface area contributed by atoms with Crippen LogP contribution in [0.5, 0.6) is 0 Å². The van der Waals surface area contributed by atoms with Crippen LogP contribution in [0.1, 0.15) is 39.1 Å². The van der Waals surface area contributed by atoms with Crippen molar-refractivity contribution in [1.82, 2.24) is 19.9 Å². The number of ether oxygens (including phenoxy) is 1. The predicted octanol–water partition coefficient (Wildman–Crippen LogP) is 2.79. The molecule has 0 bridgehead atoms. The molecule has 4 heterocycles. The Labute approximate surface area is 200 Å². The van der Waals surface area contributed by atoms with Crippen LogP contribution in [0.3, 0.4) is 0 Å². The largest absolute Gasteiger partial charge is 0.394 e. The van der Waals surface area contributed by atoms with E-state index in [2.05, 4.69) is 30.6 Å². The van der Waals surface area contributed by atoms with Crippen LogP contribution in [0.2, 0.25) is 0 Å². The summed E-state index contributed by atoms with van der Waals surface area (Å²) in [5.41, 5.74) is 2.49. The molecule has 1 saturated heterocycles. The highest BCUT2D eigenvalue weighted by Gasteiger charge is 2.24. The molecular formula is C25H24N6O4. The van der Waals surface area contributed by atoms with Crippen molar-refractivity contribution in [3.8, 4) is 0 Å². The molecule has 10 heteroatoms. The van der Waals surface area contributed by atoms with E-state index in [-0.39, 0.29) is 30.4 Å². The van der Waals surface area contributed by atoms with Crippen LogP contribution in [-0.2, 0) is 4.74 Å². The van der Waals surface area contributed by atoms with Gasteiger partial charge in [0.25, 0.3) is 5.91 Å². The highest BCUT2D eigenvalue weighted by atomic mass is 16.5. The molecule has 4 aromatic rings. The Bertz CT molecular complexity index is 1330. The summed E-state index contributed by atoms with van der Waals surface area (Å²) in [4.78, 5) is 41.5. The second-order valence-electron chi connectivity index (χ2n) is 8.30. The number of amides is 1. The number of nitrogens with one attached hydrogen (secondary N) is 3. The molecule has 1 aliphatic heterocycles. The smallest absolute Gasteiger partial charge is 0.255 e. The van der Waals surface area contributed by atoms with Gasteiger partial charge in [-0.2, -0.15) is 0 Å². The second-order valence-corrected chi connectivity index (χ2v) is 8.30. The van der Waals surface area contributed by atoms with Gasteiger partial charge in [-0.1, -0.05) is 12.1 Å². The zero-order valence-electron chi connectivity index (χ0n) is 18.8. The normalized spacial score (nSPS) is 17.7. The average molecular weight is 473 g/mol. The molecule has 0 radical (unpaired) electrons. The quantitative estimate of drug-likeness (QED) is 0.301. The number of hydrogen-bond acceptors (Lipinski definition) is 8. The number of H-pyrrole nitrogens is 1. The maximum absolute atomic E-state index is 13.4.